The van der Waals surface area contributed by atoms with Crippen LogP contribution >= 0.6 is 45.8 Å². The largest absolute Gasteiger partial charge is 0.309 e. The van der Waals surface area contributed by atoms with Crippen LogP contribution in [0, 0.1) is 0 Å². The van der Waals surface area contributed by atoms with Crippen molar-refractivity contribution in [3.05, 3.63) is 67.3 Å². The number of fused-ring (bicyclic) bond motifs is 1. The van der Waals surface area contributed by atoms with Crippen LogP contribution in [0.2, 0.25) is 0 Å². The topological polar surface area (TPSA) is 87.3 Å². The molecule has 5 aromatic heterocycles. The van der Waals surface area contributed by atoms with Crippen LogP contribution in [0.4, 0.5) is 0 Å². The quantitative estimate of drug-likeness (QED) is 0.336. The van der Waals surface area contributed by atoms with E-state index < -0.39 is 0 Å². The summed E-state index contributed by atoms with van der Waals surface area (Å²) in [6, 6.07) is 8.12. The van der Waals surface area contributed by atoms with E-state index in [1.807, 2.05) is 35.9 Å². The fraction of sp³-hybridized carbons (Fsp3) is 0.158. The van der Waals surface area contributed by atoms with Gasteiger partial charge in [-0.25, -0.2) is 9.97 Å². The summed E-state index contributed by atoms with van der Waals surface area (Å²) in [4.78, 5) is 28.1. The molecule has 0 saturated carbocycles. The van der Waals surface area contributed by atoms with E-state index in [4.69, 9.17) is 4.98 Å². The van der Waals surface area contributed by atoms with E-state index in [-0.39, 0.29) is 10.8 Å². The number of hydrogen-bond acceptors (Lipinski definition) is 8. The smallest absolute Gasteiger partial charge is 0.260 e. The molecular weight excluding hydrogens is 443 g/mol. The molecule has 0 aliphatic carbocycles. The number of thioether (sulfide) groups is 1. The number of H-pyrrole nitrogens is 2. The lowest BCUT2D eigenvalue weighted by molar-refractivity contribution is 0.906. The van der Waals surface area contributed by atoms with Crippen LogP contribution in [0.1, 0.15) is 28.7 Å². The van der Waals surface area contributed by atoms with Crippen molar-refractivity contribution >= 4 is 56.0 Å². The summed E-state index contributed by atoms with van der Waals surface area (Å²) in [5.74, 6) is 1.47. The van der Waals surface area contributed by atoms with Crippen molar-refractivity contribution in [1.82, 2.24) is 25.1 Å². The molecule has 29 heavy (non-hydrogen) atoms. The molecule has 1 atom stereocenters. The first-order chi connectivity index (χ1) is 14.2. The first kappa shape index (κ1) is 18.7. The minimum absolute atomic E-state index is 0.0789. The second-order valence-corrected chi connectivity index (χ2v) is 10.5. The minimum Gasteiger partial charge on any atom is -0.309 e. The molecule has 0 aliphatic heterocycles. The highest BCUT2D eigenvalue weighted by molar-refractivity contribution is 7.99. The van der Waals surface area contributed by atoms with E-state index in [2.05, 4.69) is 31.6 Å². The zero-order chi connectivity index (χ0) is 19.8. The normalized spacial score (nSPS) is 12.6. The van der Waals surface area contributed by atoms with Gasteiger partial charge in [-0.2, -0.15) is 0 Å². The summed E-state index contributed by atoms with van der Waals surface area (Å²) in [5, 5.41) is 14.6. The Morgan fingerprint density at radius 2 is 2.00 bits per heavy atom. The third-order valence-electron chi connectivity index (χ3n) is 4.35. The lowest BCUT2D eigenvalue weighted by atomic mass is 10.2. The lowest BCUT2D eigenvalue weighted by Crippen LogP contribution is -2.12. The number of aromatic nitrogens is 5. The number of rotatable bonds is 6. The minimum atomic E-state index is -0.101. The number of hydrogen-bond donors (Lipinski definition) is 2. The molecule has 0 saturated heterocycles. The van der Waals surface area contributed by atoms with Gasteiger partial charge in [-0.05, 0) is 29.8 Å². The monoisotopic (exact) mass is 457 g/mol. The van der Waals surface area contributed by atoms with E-state index in [0.717, 1.165) is 27.5 Å². The molecule has 0 bridgehead atoms. The zero-order valence-corrected chi connectivity index (χ0v) is 18.5. The van der Waals surface area contributed by atoms with Gasteiger partial charge in [0.1, 0.15) is 16.5 Å². The Hall–Kier alpha value is -2.27. The fourth-order valence-electron chi connectivity index (χ4n) is 2.97. The second kappa shape index (κ2) is 7.86. The molecule has 5 rings (SSSR count). The van der Waals surface area contributed by atoms with Gasteiger partial charge in [0.2, 0.25) is 5.16 Å². The third-order valence-corrected chi connectivity index (χ3v) is 7.97. The Morgan fingerprint density at radius 1 is 1.14 bits per heavy atom. The van der Waals surface area contributed by atoms with Gasteiger partial charge in [0, 0.05) is 27.1 Å². The number of nitrogens with zero attached hydrogens (tertiary/aromatic N) is 3. The van der Waals surface area contributed by atoms with E-state index in [1.165, 1.54) is 28.0 Å². The molecule has 6 nitrogen and oxygen atoms in total. The molecule has 0 amide bonds. The second-order valence-electron chi connectivity index (χ2n) is 6.34. The molecule has 5 heterocycles. The van der Waals surface area contributed by atoms with Crippen LogP contribution in [0.15, 0.2) is 50.4 Å². The van der Waals surface area contributed by atoms with Crippen LogP contribution in [0.3, 0.4) is 0 Å². The third kappa shape index (κ3) is 3.80. The van der Waals surface area contributed by atoms with Gasteiger partial charge in [-0.15, -0.1) is 39.1 Å². The summed E-state index contributed by atoms with van der Waals surface area (Å²) in [6.45, 7) is 2.00. The number of aromatic amines is 2. The summed E-state index contributed by atoms with van der Waals surface area (Å²) in [5.41, 5.74) is 0.850. The maximum atomic E-state index is 12.8. The average Bonchev–Trinajstić information content (AvgIpc) is 3.49. The van der Waals surface area contributed by atoms with Crippen molar-refractivity contribution in [2.24, 2.45) is 0 Å². The van der Waals surface area contributed by atoms with Gasteiger partial charge < -0.3 is 4.98 Å². The fourth-order valence-corrected chi connectivity index (χ4v) is 6.25. The van der Waals surface area contributed by atoms with Crippen molar-refractivity contribution in [1.29, 1.82) is 0 Å². The summed E-state index contributed by atoms with van der Waals surface area (Å²) in [7, 11) is 0. The molecule has 0 aliphatic rings. The number of thiophene rings is 3. The van der Waals surface area contributed by atoms with Gasteiger partial charge >= 0.3 is 0 Å². The molecule has 0 fully saturated rings. The highest BCUT2D eigenvalue weighted by Gasteiger charge is 2.18. The average molecular weight is 458 g/mol. The van der Waals surface area contributed by atoms with Gasteiger partial charge in [0.25, 0.3) is 5.56 Å². The lowest BCUT2D eigenvalue weighted by Gasteiger charge is -2.08. The van der Waals surface area contributed by atoms with Crippen LogP contribution in [0.5, 0.6) is 0 Å². The van der Waals surface area contributed by atoms with Crippen molar-refractivity contribution in [3.63, 3.8) is 0 Å². The predicted octanol–water partition coefficient (Wildman–Crippen LogP) is 5.34. The van der Waals surface area contributed by atoms with Crippen LogP contribution in [-0.2, 0) is 6.42 Å². The summed E-state index contributed by atoms with van der Waals surface area (Å²) >= 11 is 6.30. The standard InChI is InChI=1S/C19H15N5OS4/c1-10(29-19-20-14(23-24-19)8-11-4-2-6-26-11)16-21-17(25)15-12(9-28-18(15)22-16)13-5-3-7-27-13/h2-7,9-10H,8H2,1H3,(H,20,23,24)(H,21,22,25). The molecular formula is C19H15N5OS4. The molecule has 10 heteroatoms. The zero-order valence-electron chi connectivity index (χ0n) is 15.2. The Balaban J connectivity index is 1.38. The van der Waals surface area contributed by atoms with Crippen LogP contribution in [-0.4, -0.2) is 25.1 Å². The van der Waals surface area contributed by atoms with E-state index in [9.17, 15) is 4.79 Å². The maximum Gasteiger partial charge on any atom is 0.260 e. The molecule has 0 aromatic carbocycles. The first-order valence-corrected chi connectivity index (χ1v) is 12.3. The summed E-state index contributed by atoms with van der Waals surface area (Å²) < 4.78 is 0. The molecule has 0 radical (unpaired) electrons. The van der Waals surface area contributed by atoms with Gasteiger partial charge in [-0.1, -0.05) is 23.9 Å². The Morgan fingerprint density at radius 3 is 2.79 bits per heavy atom. The maximum absolute atomic E-state index is 12.8. The highest BCUT2D eigenvalue weighted by Crippen LogP contribution is 2.35. The van der Waals surface area contributed by atoms with Crippen molar-refractivity contribution < 1.29 is 0 Å². The van der Waals surface area contributed by atoms with Gasteiger partial charge in [0.05, 0.1) is 10.6 Å². The predicted molar refractivity (Wildman–Crippen MR) is 121 cm³/mol. The number of nitrogens with one attached hydrogen (secondary N) is 2. The molecule has 146 valence electrons. The first-order valence-electron chi connectivity index (χ1n) is 8.83. The Kier molecular flexibility index (Phi) is 5.08. The van der Waals surface area contributed by atoms with Crippen molar-refractivity contribution in [2.75, 3.05) is 0 Å². The molecule has 1 unspecified atom stereocenters. The van der Waals surface area contributed by atoms with Crippen molar-refractivity contribution in [2.45, 2.75) is 23.8 Å². The SMILES string of the molecule is CC(Sc1n[nH]c(Cc2cccs2)n1)c1nc2scc(-c3cccs3)c2c(=O)[nH]1. The Bertz CT molecular complexity index is 1300. The van der Waals surface area contributed by atoms with E-state index >= 15 is 0 Å². The molecule has 0 spiro atoms. The molecule has 2 N–H and O–H groups in total. The highest BCUT2D eigenvalue weighted by atomic mass is 32.2. The van der Waals surface area contributed by atoms with E-state index in [1.54, 1.807) is 22.7 Å². The van der Waals surface area contributed by atoms with Gasteiger partial charge in [0.15, 0.2) is 0 Å². The van der Waals surface area contributed by atoms with Crippen LogP contribution < -0.4 is 5.56 Å². The summed E-state index contributed by atoms with van der Waals surface area (Å²) in [6.07, 6.45) is 0.737. The van der Waals surface area contributed by atoms with E-state index in [0.29, 0.717) is 16.4 Å². The Labute approximate surface area is 182 Å². The van der Waals surface area contributed by atoms with Crippen molar-refractivity contribution in [3.8, 4) is 10.4 Å². The van der Waals surface area contributed by atoms with Gasteiger partial charge in [-0.3, -0.25) is 9.89 Å². The molecule has 5 aromatic rings. The van der Waals surface area contributed by atoms with Crippen LogP contribution in [0.25, 0.3) is 20.7 Å².